The van der Waals surface area contributed by atoms with Crippen molar-refractivity contribution in [3.63, 3.8) is 0 Å². The number of hydrogen-bond donors (Lipinski definition) is 2. The molecule has 5 nitrogen and oxygen atoms in total. The zero-order valence-corrected chi connectivity index (χ0v) is 12.7. The standard InChI is InChI=1S/C14H21N3O2S/c1-3-17(4-2)20(18,19)16-10-9-12-11-15-14-8-6-5-7-13(12)14/h5-8,11,15-16H,3-4,9-10H2,1-2H3. The molecule has 6 heteroatoms. The zero-order valence-electron chi connectivity index (χ0n) is 11.9. The molecular formula is C14H21N3O2S. The van der Waals surface area contributed by atoms with E-state index in [9.17, 15) is 8.42 Å². The van der Waals surface area contributed by atoms with Crippen molar-refractivity contribution < 1.29 is 8.42 Å². The molecule has 0 aliphatic rings. The van der Waals surface area contributed by atoms with Gasteiger partial charge in [0.15, 0.2) is 0 Å². The molecule has 0 fully saturated rings. The molecule has 0 atom stereocenters. The normalized spacial score (nSPS) is 12.3. The van der Waals surface area contributed by atoms with Crippen LogP contribution in [-0.2, 0) is 16.6 Å². The number of nitrogens with one attached hydrogen (secondary N) is 2. The van der Waals surface area contributed by atoms with E-state index in [4.69, 9.17) is 0 Å². The van der Waals surface area contributed by atoms with Gasteiger partial charge in [0.2, 0.25) is 0 Å². The van der Waals surface area contributed by atoms with Gasteiger partial charge >= 0.3 is 0 Å². The fourth-order valence-electron chi connectivity index (χ4n) is 2.31. The minimum absolute atomic E-state index is 0.403. The Morgan fingerprint density at radius 2 is 1.90 bits per heavy atom. The van der Waals surface area contributed by atoms with Crippen LogP contribution >= 0.6 is 0 Å². The van der Waals surface area contributed by atoms with Crippen molar-refractivity contribution in [1.29, 1.82) is 0 Å². The summed E-state index contributed by atoms with van der Waals surface area (Å²) in [6.45, 7) is 5.04. The molecular weight excluding hydrogens is 274 g/mol. The van der Waals surface area contributed by atoms with E-state index in [2.05, 4.69) is 9.71 Å². The minimum atomic E-state index is -3.36. The van der Waals surface area contributed by atoms with Crippen LogP contribution < -0.4 is 4.72 Å². The van der Waals surface area contributed by atoms with Gasteiger partial charge in [-0.25, -0.2) is 4.72 Å². The maximum absolute atomic E-state index is 12.0. The van der Waals surface area contributed by atoms with Gasteiger partial charge in [-0.05, 0) is 18.1 Å². The fourth-order valence-corrected chi connectivity index (χ4v) is 3.53. The Balaban J connectivity index is 2.00. The Hall–Kier alpha value is -1.37. The van der Waals surface area contributed by atoms with Crippen LogP contribution in [0.25, 0.3) is 10.9 Å². The Bertz CT molecular complexity index is 660. The van der Waals surface area contributed by atoms with Crippen molar-refractivity contribution in [2.24, 2.45) is 0 Å². The van der Waals surface area contributed by atoms with Crippen LogP contribution in [0.15, 0.2) is 30.5 Å². The van der Waals surface area contributed by atoms with E-state index in [1.165, 1.54) is 4.31 Å². The fraction of sp³-hybridized carbons (Fsp3) is 0.429. The molecule has 1 aromatic carbocycles. The van der Waals surface area contributed by atoms with Gasteiger partial charge in [-0.1, -0.05) is 32.0 Å². The lowest BCUT2D eigenvalue weighted by Crippen LogP contribution is -2.41. The molecule has 0 aliphatic heterocycles. The van der Waals surface area contributed by atoms with Crippen molar-refractivity contribution in [2.45, 2.75) is 20.3 Å². The summed E-state index contributed by atoms with van der Waals surface area (Å²) in [5.41, 5.74) is 2.21. The highest BCUT2D eigenvalue weighted by Crippen LogP contribution is 2.17. The van der Waals surface area contributed by atoms with E-state index < -0.39 is 10.2 Å². The SMILES string of the molecule is CCN(CC)S(=O)(=O)NCCc1c[nH]c2ccccc12. The van der Waals surface area contributed by atoms with Gasteiger partial charge < -0.3 is 4.98 Å². The van der Waals surface area contributed by atoms with Gasteiger partial charge in [-0.2, -0.15) is 12.7 Å². The van der Waals surface area contributed by atoms with Crippen LogP contribution in [0.3, 0.4) is 0 Å². The topological polar surface area (TPSA) is 65.2 Å². The van der Waals surface area contributed by atoms with Gasteiger partial charge in [0, 0.05) is 36.7 Å². The maximum Gasteiger partial charge on any atom is 0.279 e. The molecule has 20 heavy (non-hydrogen) atoms. The summed E-state index contributed by atoms with van der Waals surface area (Å²) in [7, 11) is -3.36. The molecule has 0 unspecified atom stereocenters. The molecule has 0 saturated heterocycles. The highest BCUT2D eigenvalue weighted by atomic mass is 32.2. The molecule has 2 N–H and O–H groups in total. The van der Waals surface area contributed by atoms with E-state index in [0.29, 0.717) is 26.1 Å². The third-order valence-electron chi connectivity index (χ3n) is 3.40. The zero-order chi connectivity index (χ0) is 14.6. The molecule has 0 saturated carbocycles. The van der Waals surface area contributed by atoms with Gasteiger partial charge in [0.25, 0.3) is 10.2 Å². The number of aromatic nitrogens is 1. The number of para-hydroxylation sites is 1. The van der Waals surface area contributed by atoms with Crippen LogP contribution in [0.2, 0.25) is 0 Å². The first kappa shape index (κ1) is 15.0. The molecule has 2 aromatic rings. The van der Waals surface area contributed by atoms with Crippen molar-refractivity contribution in [3.05, 3.63) is 36.0 Å². The maximum atomic E-state index is 12.0. The van der Waals surface area contributed by atoms with E-state index in [-0.39, 0.29) is 0 Å². The van der Waals surface area contributed by atoms with Gasteiger partial charge in [-0.15, -0.1) is 0 Å². The van der Waals surface area contributed by atoms with Crippen LogP contribution in [0, 0.1) is 0 Å². The lowest BCUT2D eigenvalue weighted by Gasteiger charge is -2.18. The predicted molar refractivity (Wildman–Crippen MR) is 81.8 cm³/mol. The van der Waals surface area contributed by atoms with Crippen molar-refractivity contribution in [3.8, 4) is 0 Å². The summed E-state index contributed by atoms with van der Waals surface area (Å²) in [6.07, 6.45) is 2.61. The van der Waals surface area contributed by atoms with Gasteiger partial charge in [0.1, 0.15) is 0 Å². The monoisotopic (exact) mass is 295 g/mol. The number of nitrogens with zero attached hydrogens (tertiary/aromatic N) is 1. The number of hydrogen-bond acceptors (Lipinski definition) is 2. The minimum Gasteiger partial charge on any atom is -0.361 e. The van der Waals surface area contributed by atoms with Crippen LogP contribution in [0.1, 0.15) is 19.4 Å². The third kappa shape index (κ3) is 3.20. The first-order valence-electron chi connectivity index (χ1n) is 6.88. The molecule has 110 valence electrons. The number of rotatable bonds is 7. The van der Waals surface area contributed by atoms with E-state index >= 15 is 0 Å². The second-order valence-corrected chi connectivity index (χ2v) is 6.35. The highest BCUT2D eigenvalue weighted by Gasteiger charge is 2.17. The van der Waals surface area contributed by atoms with Crippen LogP contribution in [-0.4, -0.2) is 37.3 Å². The second-order valence-electron chi connectivity index (χ2n) is 4.59. The lowest BCUT2D eigenvalue weighted by atomic mass is 10.1. The average Bonchev–Trinajstić information content (AvgIpc) is 2.83. The predicted octanol–water partition coefficient (Wildman–Crippen LogP) is 1.89. The second kappa shape index (κ2) is 6.39. The third-order valence-corrected chi connectivity index (χ3v) is 5.16. The van der Waals surface area contributed by atoms with E-state index in [0.717, 1.165) is 16.5 Å². The summed E-state index contributed by atoms with van der Waals surface area (Å²) in [5.74, 6) is 0. The van der Waals surface area contributed by atoms with Crippen LogP contribution in [0.4, 0.5) is 0 Å². The Morgan fingerprint density at radius 1 is 1.20 bits per heavy atom. The number of aromatic amines is 1. The van der Waals surface area contributed by atoms with Gasteiger partial charge in [0.05, 0.1) is 0 Å². The summed E-state index contributed by atoms with van der Waals surface area (Å²) in [5, 5.41) is 1.15. The molecule has 0 aliphatic carbocycles. The first-order valence-corrected chi connectivity index (χ1v) is 8.32. The molecule has 0 bridgehead atoms. The molecule has 2 rings (SSSR count). The van der Waals surface area contributed by atoms with Crippen LogP contribution in [0.5, 0.6) is 0 Å². The molecule has 1 aromatic heterocycles. The largest absolute Gasteiger partial charge is 0.361 e. The summed E-state index contributed by atoms with van der Waals surface area (Å²) in [6, 6.07) is 8.02. The van der Waals surface area contributed by atoms with Gasteiger partial charge in [-0.3, -0.25) is 0 Å². The molecule has 0 spiro atoms. The van der Waals surface area contributed by atoms with Crippen molar-refractivity contribution in [2.75, 3.05) is 19.6 Å². The lowest BCUT2D eigenvalue weighted by molar-refractivity contribution is 0.435. The van der Waals surface area contributed by atoms with E-state index in [1.807, 2.05) is 44.3 Å². The quantitative estimate of drug-likeness (QED) is 0.819. The highest BCUT2D eigenvalue weighted by molar-refractivity contribution is 7.87. The van der Waals surface area contributed by atoms with Crippen molar-refractivity contribution >= 4 is 21.1 Å². The molecule has 1 heterocycles. The smallest absolute Gasteiger partial charge is 0.279 e. The summed E-state index contributed by atoms with van der Waals surface area (Å²) >= 11 is 0. The first-order chi connectivity index (χ1) is 9.58. The number of H-pyrrole nitrogens is 1. The Labute approximate surface area is 120 Å². The number of benzene rings is 1. The number of fused-ring (bicyclic) bond motifs is 1. The summed E-state index contributed by atoms with van der Waals surface area (Å²) < 4.78 is 28.1. The average molecular weight is 295 g/mol. The molecule has 0 radical (unpaired) electrons. The van der Waals surface area contributed by atoms with Crippen molar-refractivity contribution in [1.82, 2.24) is 14.0 Å². The van der Waals surface area contributed by atoms with E-state index in [1.54, 1.807) is 0 Å². The molecule has 0 amide bonds. The Morgan fingerprint density at radius 3 is 2.60 bits per heavy atom. The summed E-state index contributed by atoms with van der Waals surface area (Å²) in [4.78, 5) is 3.19. The Kier molecular flexibility index (Phi) is 4.80.